The highest BCUT2D eigenvalue weighted by Gasteiger charge is 2.52. The van der Waals surface area contributed by atoms with Crippen molar-refractivity contribution in [2.45, 2.75) is 44.5 Å². The lowest BCUT2D eigenvalue weighted by molar-refractivity contribution is 0.298. The molecule has 0 bridgehead atoms. The number of rotatable bonds is 2. The van der Waals surface area contributed by atoms with Crippen molar-refractivity contribution < 1.29 is 8.42 Å². The molecule has 0 aromatic carbocycles. The maximum Gasteiger partial charge on any atom is 0.231 e. The summed E-state index contributed by atoms with van der Waals surface area (Å²) in [5.74, 6) is 0. The third-order valence-corrected chi connectivity index (χ3v) is 5.37. The van der Waals surface area contributed by atoms with E-state index in [2.05, 4.69) is 20.8 Å². The SMILES string of the molecule is CC(C)(C)N1CC1S(=O)(=O)N1CCCC1. The Morgan fingerprint density at radius 1 is 1.13 bits per heavy atom. The first-order valence-electron chi connectivity index (χ1n) is 5.59. The molecule has 0 N–H and O–H groups in total. The molecule has 2 unspecified atom stereocenters. The van der Waals surface area contributed by atoms with Crippen molar-refractivity contribution in [1.29, 1.82) is 0 Å². The van der Waals surface area contributed by atoms with Gasteiger partial charge in [0.05, 0.1) is 0 Å². The average Bonchev–Trinajstić information content (AvgIpc) is 2.74. The fourth-order valence-electron chi connectivity index (χ4n) is 2.20. The Labute approximate surface area is 92.3 Å². The van der Waals surface area contributed by atoms with Crippen LogP contribution in [0.5, 0.6) is 0 Å². The molecule has 2 rings (SSSR count). The van der Waals surface area contributed by atoms with E-state index in [1.165, 1.54) is 0 Å². The fraction of sp³-hybridized carbons (Fsp3) is 1.00. The fourth-order valence-corrected chi connectivity index (χ4v) is 4.29. The smallest absolute Gasteiger partial charge is 0.231 e. The molecule has 15 heavy (non-hydrogen) atoms. The highest BCUT2D eigenvalue weighted by Crippen LogP contribution is 2.35. The Bertz CT molecular complexity index is 339. The predicted octanol–water partition coefficient (Wildman–Crippen LogP) is 0.852. The van der Waals surface area contributed by atoms with Crippen molar-refractivity contribution in [2.75, 3.05) is 19.6 Å². The minimum atomic E-state index is -3.04. The van der Waals surface area contributed by atoms with Crippen LogP contribution >= 0.6 is 0 Å². The zero-order chi connectivity index (χ0) is 11.3. The normalized spacial score (nSPS) is 33.3. The third kappa shape index (κ3) is 2.05. The lowest BCUT2D eigenvalue weighted by atomic mass is 10.1. The Morgan fingerprint density at radius 3 is 2.07 bits per heavy atom. The summed E-state index contributed by atoms with van der Waals surface area (Å²) in [4.78, 5) is 2.04. The van der Waals surface area contributed by atoms with Crippen LogP contribution < -0.4 is 0 Å². The quantitative estimate of drug-likeness (QED) is 0.663. The molecule has 0 spiro atoms. The van der Waals surface area contributed by atoms with E-state index in [1.807, 2.05) is 4.90 Å². The molecule has 2 heterocycles. The van der Waals surface area contributed by atoms with E-state index in [4.69, 9.17) is 0 Å². The molecule has 0 radical (unpaired) electrons. The maximum absolute atomic E-state index is 12.1. The number of hydrogen-bond acceptors (Lipinski definition) is 3. The van der Waals surface area contributed by atoms with Crippen molar-refractivity contribution in [2.24, 2.45) is 0 Å². The maximum atomic E-state index is 12.1. The van der Waals surface area contributed by atoms with Crippen LogP contribution in [0.15, 0.2) is 0 Å². The molecule has 0 aliphatic carbocycles. The highest BCUT2D eigenvalue weighted by molar-refractivity contribution is 7.90. The zero-order valence-electron chi connectivity index (χ0n) is 9.73. The minimum absolute atomic E-state index is 0.0303. The van der Waals surface area contributed by atoms with Gasteiger partial charge in [0.15, 0.2) is 0 Å². The van der Waals surface area contributed by atoms with Crippen molar-refractivity contribution in [3.05, 3.63) is 0 Å². The van der Waals surface area contributed by atoms with Crippen LogP contribution in [0.1, 0.15) is 33.6 Å². The van der Waals surface area contributed by atoms with Crippen LogP contribution in [-0.4, -0.2) is 48.2 Å². The molecule has 4 nitrogen and oxygen atoms in total. The molecule has 0 amide bonds. The summed E-state index contributed by atoms with van der Waals surface area (Å²) in [5.41, 5.74) is -0.0303. The zero-order valence-corrected chi connectivity index (χ0v) is 10.5. The van der Waals surface area contributed by atoms with E-state index in [9.17, 15) is 8.42 Å². The molecule has 2 atom stereocenters. The van der Waals surface area contributed by atoms with Crippen LogP contribution in [0.2, 0.25) is 0 Å². The van der Waals surface area contributed by atoms with Crippen LogP contribution in [-0.2, 0) is 10.0 Å². The number of sulfonamides is 1. The second-order valence-electron chi connectivity index (χ2n) is 5.43. The molecule has 2 aliphatic heterocycles. The molecule has 2 aliphatic rings. The molecule has 0 saturated carbocycles. The molecule has 88 valence electrons. The summed E-state index contributed by atoms with van der Waals surface area (Å²) in [5, 5.41) is -0.254. The summed E-state index contributed by atoms with van der Waals surface area (Å²) >= 11 is 0. The van der Waals surface area contributed by atoms with Crippen molar-refractivity contribution in [1.82, 2.24) is 9.21 Å². The molecule has 5 heteroatoms. The Balaban J connectivity index is 2.06. The van der Waals surface area contributed by atoms with Crippen molar-refractivity contribution in [3.8, 4) is 0 Å². The minimum Gasteiger partial charge on any atom is -0.277 e. The van der Waals surface area contributed by atoms with Gasteiger partial charge >= 0.3 is 0 Å². The van der Waals surface area contributed by atoms with Gasteiger partial charge in [-0.1, -0.05) is 0 Å². The second kappa shape index (κ2) is 3.43. The van der Waals surface area contributed by atoms with Gasteiger partial charge in [0, 0.05) is 25.2 Å². The molecule has 0 aromatic heterocycles. The van der Waals surface area contributed by atoms with Gasteiger partial charge in [0.1, 0.15) is 5.37 Å². The van der Waals surface area contributed by atoms with Crippen LogP contribution in [0.3, 0.4) is 0 Å². The molecule has 2 saturated heterocycles. The van der Waals surface area contributed by atoms with Gasteiger partial charge in [-0.25, -0.2) is 12.7 Å². The van der Waals surface area contributed by atoms with Gasteiger partial charge in [0.25, 0.3) is 0 Å². The van der Waals surface area contributed by atoms with Crippen LogP contribution in [0.4, 0.5) is 0 Å². The van der Waals surface area contributed by atoms with Crippen molar-refractivity contribution in [3.63, 3.8) is 0 Å². The first kappa shape index (κ1) is 11.4. The van der Waals surface area contributed by atoms with Crippen LogP contribution in [0.25, 0.3) is 0 Å². The van der Waals surface area contributed by atoms with Crippen LogP contribution in [0, 0.1) is 0 Å². The Hall–Kier alpha value is -0.130. The third-order valence-electron chi connectivity index (χ3n) is 3.20. The average molecular weight is 232 g/mol. The summed E-state index contributed by atoms with van der Waals surface area (Å²) in [6.07, 6.45) is 2.03. The first-order chi connectivity index (χ1) is 6.83. The Kier molecular flexibility index (Phi) is 2.60. The van der Waals surface area contributed by atoms with Gasteiger partial charge in [-0.15, -0.1) is 0 Å². The van der Waals surface area contributed by atoms with Gasteiger partial charge in [0.2, 0.25) is 10.0 Å². The highest BCUT2D eigenvalue weighted by atomic mass is 32.2. The summed E-state index contributed by atoms with van der Waals surface area (Å²) < 4.78 is 25.9. The molecule has 0 aromatic rings. The molecular formula is C10H20N2O2S. The van der Waals surface area contributed by atoms with Crippen molar-refractivity contribution >= 4 is 10.0 Å². The van der Waals surface area contributed by atoms with E-state index in [0.717, 1.165) is 25.9 Å². The largest absolute Gasteiger partial charge is 0.277 e. The molecule has 2 fully saturated rings. The predicted molar refractivity (Wildman–Crippen MR) is 60.0 cm³/mol. The molecular weight excluding hydrogens is 212 g/mol. The van der Waals surface area contributed by atoms with Gasteiger partial charge in [-0.2, -0.15) is 0 Å². The topological polar surface area (TPSA) is 40.4 Å². The summed E-state index contributed by atoms with van der Waals surface area (Å²) in [7, 11) is -3.04. The lowest BCUT2D eigenvalue weighted by Gasteiger charge is -2.23. The van der Waals surface area contributed by atoms with E-state index in [0.29, 0.717) is 6.54 Å². The second-order valence-corrected chi connectivity index (χ2v) is 7.52. The summed E-state index contributed by atoms with van der Waals surface area (Å²) in [6.45, 7) is 8.32. The van der Waals surface area contributed by atoms with Gasteiger partial charge in [-0.05, 0) is 33.6 Å². The number of nitrogens with zero attached hydrogens (tertiary/aromatic N) is 2. The monoisotopic (exact) mass is 232 g/mol. The summed E-state index contributed by atoms with van der Waals surface area (Å²) in [6, 6.07) is 0. The number of hydrogen-bond donors (Lipinski definition) is 0. The van der Waals surface area contributed by atoms with E-state index in [1.54, 1.807) is 4.31 Å². The lowest BCUT2D eigenvalue weighted by Crippen LogP contribution is -2.36. The van der Waals surface area contributed by atoms with Gasteiger partial charge < -0.3 is 0 Å². The van der Waals surface area contributed by atoms with E-state index < -0.39 is 10.0 Å². The van der Waals surface area contributed by atoms with E-state index in [-0.39, 0.29) is 10.9 Å². The first-order valence-corrected chi connectivity index (χ1v) is 7.09. The van der Waals surface area contributed by atoms with E-state index >= 15 is 0 Å². The standard InChI is InChI=1S/C10H20N2O2S/c1-10(2,3)12-8-9(12)15(13,14)11-6-4-5-7-11/h9H,4-8H2,1-3H3. The Morgan fingerprint density at radius 2 is 1.67 bits per heavy atom. The van der Waals surface area contributed by atoms with Gasteiger partial charge in [-0.3, -0.25) is 4.90 Å².